The molecule has 0 spiro atoms. The summed E-state index contributed by atoms with van der Waals surface area (Å²) in [5, 5.41) is 0. The molecule has 2 N–H and O–H groups in total. The summed E-state index contributed by atoms with van der Waals surface area (Å²) in [5.41, 5.74) is 5.20. The van der Waals surface area contributed by atoms with E-state index in [1.807, 2.05) is 0 Å². The Bertz CT molecular complexity index is 552. The van der Waals surface area contributed by atoms with Crippen LogP contribution in [0.15, 0.2) is 30.0 Å². The van der Waals surface area contributed by atoms with E-state index in [2.05, 4.69) is 10.9 Å². The highest BCUT2D eigenvalue weighted by atomic mass is 19.4. The van der Waals surface area contributed by atoms with Crippen LogP contribution in [0.5, 0.6) is 0 Å². The van der Waals surface area contributed by atoms with Gasteiger partial charge < -0.3 is 5.43 Å². The summed E-state index contributed by atoms with van der Waals surface area (Å²) in [6.07, 6.45) is -2.66. The Morgan fingerprint density at radius 3 is 2.55 bits per heavy atom. The van der Waals surface area contributed by atoms with Gasteiger partial charge in [0.15, 0.2) is 5.78 Å². The lowest BCUT2D eigenvalue weighted by atomic mass is 10.0. The topological polar surface area (TPSA) is 41.1 Å². The van der Waals surface area contributed by atoms with E-state index in [9.17, 15) is 22.4 Å². The van der Waals surface area contributed by atoms with E-state index < -0.39 is 17.6 Å². The lowest BCUT2D eigenvalue weighted by molar-refractivity contribution is -0.137. The van der Waals surface area contributed by atoms with Crippen LogP contribution >= 0.6 is 0 Å². The molecular formula is C13H12F4N2O. The summed E-state index contributed by atoms with van der Waals surface area (Å²) in [5.74, 6) is -1.04. The molecule has 0 unspecified atom stereocenters. The lowest BCUT2D eigenvalue weighted by Gasteiger charge is -2.16. The van der Waals surface area contributed by atoms with Gasteiger partial charge in [-0.05, 0) is 36.6 Å². The van der Waals surface area contributed by atoms with Gasteiger partial charge in [-0.1, -0.05) is 0 Å². The van der Waals surface area contributed by atoms with Crippen molar-refractivity contribution in [1.29, 1.82) is 0 Å². The number of hydrogen-bond acceptors (Lipinski definition) is 3. The number of nitrogens with one attached hydrogen (secondary N) is 2. The lowest BCUT2D eigenvalue weighted by Crippen LogP contribution is -2.39. The quantitative estimate of drug-likeness (QED) is 0.839. The minimum Gasteiger partial charge on any atom is -0.325 e. The maximum Gasteiger partial charge on any atom is 0.416 e. The van der Waals surface area contributed by atoms with Crippen LogP contribution in [0.25, 0.3) is 0 Å². The average Bonchev–Trinajstić information content (AvgIpc) is 2.35. The zero-order valence-corrected chi connectivity index (χ0v) is 10.4. The Hall–Kier alpha value is -1.89. The number of carbonyl (C=O) groups excluding carboxylic acids is 1. The van der Waals surface area contributed by atoms with Gasteiger partial charge in [-0.3, -0.25) is 4.79 Å². The first-order valence-corrected chi connectivity index (χ1v) is 5.93. The van der Waals surface area contributed by atoms with E-state index in [4.69, 9.17) is 0 Å². The monoisotopic (exact) mass is 288 g/mol. The molecule has 2 rings (SSSR count). The number of allylic oxidation sites excluding steroid dienone is 1. The molecule has 20 heavy (non-hydrogen) atoms. The Kier molecular flexibility index (Phi) is 4.08. The van der Waals surface area contributed by atoms with Crippen LogP contribution in [0.3, 0.4) is 0 Å². The average molecular weight is 288 g/mol. The van der Waals surface area contributed by atoms with Crippen molar-refractivity contribution in [3.8, 4) is 0 Å². The molecule has 0 bridgehead atoms. The molecule has 1 aliphatic heterocycles. The van der Waals surface area contributed by atoms with Crippen molar-refractivity contribution in [3.63, 3.8) is 0 Å². The van der Waals surface area contributed by atoms with E-state index >= 15 is 0 Å². The molecule has 3 nitrogen and oxygen atoms in total. The van der Waals surface area contributed by atoms with Gasteiger partial charge in [0.2, 0.25) is 0 Å². The van der Waals surface area contributed by atoms with Gasteiger partial charge in [0.05, 0.1) is 12.1 Å². The molecule has 0 aromatic heterocycles. The number of aryl methyl sites for hydroxylation is 1. The third-order valence-electron chi connectivity index (χ3n) is 2.81. The molecule has 108 valence electrons. The fourth-order valence-corrected chi connectivity index (χ4v) is 1.90. The van der Waals surface area contributed by atoms with Crippen molar-refractivity contribution in [2.45, 2.75) is 19.0 Å². The number of hydrazine groups is 1. The number of hydrogen-bond donors (Lipinski definition) is 2. The predicted molar refractivity (Wildman–Crippen MR) is 64.0 cm³/mol. The second kappa shape index (κ2) is 5.62. The smallest absolute Gasteiger partial charge is 0.325 e. The Morgan fingerprint density at radius 1 is 1.15 bits per heavy atom. The second-order valence-corrected chi connectivity index (χ2v) is 4.46. The molecule has 0 saturated heterocycles. The molecule has 0 aliphatic carbocycles. The molecule has 7 heteroatoms. The van der Waals surface area contributed by atoms with Crippen LogP contribution in [0.4, 0.5) is 17.6 Å². The summed E-state index contributed by atoms with van der Waals surface area (Å²) in [4.78, 5) is 11.1. The summed E-state index contributed by atoms with van der Waals surface area (Å²) in [7, 11) is 0. The molecule has 0 atom stereocenters. The van der Waals surface area contributed by atoms with Crippen LogP contribution in [-0.2, 0) is 17.4 Å². The maximum atomic E-state index is 13.2. The third-order valence-corrected chi connectivity index (χ3v) is 2.81. The summed E-state index contributed by atoms with van der Waals surface area (Å²) in [6, 6.07) is 2.45. The van der Waals surface area contributed by atoms with Crippen LogP contribution in [0.1, 0.15) is 17.5 Å². The molecule has 1 aromatic rings. The van der Waals surface area contributed by atoms with Gasteiger partial charge in [-0.2, -0.15) is 13.2 Å². The molecule has 0 saturated carbocycles. The van der Waals surface area contributed by atoms with Crippen molar-refractivity contribution >= 4 is 5.78 Å². The summed E-state index contributed by atoms with van der Waals surface area (Å²) < 4.78 is 50.8. The van der Waals surface area contributed by atoms with Gasteiger partial charge in [0.1, 0.15) is 5.82 Å². The number of ketones is 1. The minimum absolute atomic E-state index is 0.117. The Balaban J connectivity index is 2.10. The SMILES string of the molecule is O=C1C=C(CCc2cc(F)cc(C(F)(F)F)c2)NNC1. The van der Waals surface area contributed by atoms with E-state index in [0.29, 0.717) is 18.2 Å². The van der Waals surface area contributed by atoms with Crippen molar-refractivity contribution in [2.24, 2.45) is 0 Å². The highest BCUT2D eigenvalue weighted by Crippen LogP contribution is 2.30. The fraction of sp³-hybridized carbons (Fsp3) is 0.308. The van der Waals surface area contributed by atoms with Gasteiger partial charge in [-0.15, -0.1) is 0 Å². The first-order chi connectivity index (χ1) is 9.34. The number of halogens is 4. The van der Waals surface area contributed by atoms with E-state index in [1.54, 1.807) is 0 Å². The first kappa shape index (κ1) is 14.5. The van der Waals surface area contributed by atoms with Crippen LogP contribution in [0.2, 0.25) is 0 Å². The molecule has 0 amide bonds. The molecule has 1 aromatic carbocycles. The van der Waals surface area contributed by atoms with Gasteiger partial charge in [0.25, 0.3) is 0 Å². The normalized spacial score (nSPS) is 15.8. The van der Waals surface area contributed by atoms with Crippen molar-refractivity contribution in [1.82, 2.24) is 10.9 Å². The molecular weight excluding hydrogens is 276 g/mol. The highest BCUT2D eigenvalue weighted by molar-refractivity contribution is 5.92. The fourth-order valence-electron chi connectivity index (χ4n) is 1.90. The Labute approximate surface area is 112 Å². The van der Waals surface area contributed by atoms with Gasteiger partial charge in [0, 0.05) is 11.8 Å². The number of carbonyl (C=O) groups is 1. The number of rotatable bonds is 3. The molecule has 1 heterocycles. The molecule has 1 aliphatic rings. The van der Waals surface area contributed by atoms with Gasteiger partial charge >= 0.3 is 6.18 Å². The first-order valence-electron chi connectivity index (χ1n) is 5.93. The van der Waals surface area contributed by atoms with E-state index in [-0.39, 0.29) is 24.3 Å². The predicted octanol–water partition coefficient (Wildman–Crippen LogP) is 2.34. The number of alkyl halides is 3. The number of benzene rings is 1. The highest BCUT2D eigenvalue weighted by Gasteiger charge is 2.31. The standard InChI is InChI=1S/C13H12F4N2O/c14-10-4-8(3-9(5-10)13(15,16)17)1-2-11-6-12(20)7-18-19-11/h3-6,18-19H,1-2,7H2. The Morgan fingerprint density at radius 2 is 1.90 bits per heavy atom. The second-order valence-electron chi connectivity index (χ2n) is 4.46. The van der Waals surface area contributed by atoms with Crippen LogP contribution in [0, 0.1) is 5.82 Å². The van der Waals surface area contributed by atoms with Crippen LogP contribution in [-0.4, -0.2) is 12.3 Å². The largest absolute Gasteiger partial charge is 0.416 e. The maximum absolute atomic E-state index is 13.2. The summed E-state index contributed by atoms with van der Waals surface area (Å²) >= 11 is 0. The van der Waals surface area contributed by atoms with Gasteiger partial charge in [-0.25, -0.2) is 9.82 Å². The van der Waals surface area contributed by atoms with Crippen LogP contribution < -0.4 is 10.9 Å². The van der Waals surface area contributed by atoms with Crippen molar-refractivity contribution < 1.29 is 22.4 Å². The minimum atomic E-state index is -4.57. The van der Waals surface area contributed by atoms with E-state index in [0.717, 1.165) is 12.1 Å². The molecule has 0 radical (unpaired) electrons. The van der Waals surface area contributed by atoms with Crippen molar-refractivity contribution in [3.05, 3.63) is 46.9 Å². The zero-order chi connectivity index (χ0) is 14.8. The zero-order valence-electron chi connectivity index (χ0n) is 10.4. The third kappa shape index (κ3) is 3.80. The van der Waals surface area contributed by atoms with Crippen molar-refractivity contribution in [2.75, 3.05) is 6.54 Å². The van der Waals surface area contributed by atoms with E-state index in [1.165, 1.54) is 6.08 Å². The molecule has 0 fully saturated rings. The summed E-state index contributed by atoms with van der Waals surface area (Å²) in [6.45, 7) is 0.168.